The van der Waals surface area contributed by atoms with E-state index in [9.17, 15) is 9.59 Å². The zero-order chi connectivity index (χ0) is 14.4. The van der Waals surface area contributed by atoms with Crippen molar-refractivity contribution in [1.29, 1.82) is 0 Å². The summed E-state index contributed by atoms with van der Waals surface area (Å²) in [5, 5.41) is 14.3. The number of anilines is 1. The number of amides is 2. The Morgan fingerprint density at radius 1 is 1.42 bits per heavy atom. The average molecular weight is 329 g/mol. The number of carbonyl (C=O) groups excluding carboxylic acids is 1. The Labute approximate surface area is 120 Å². The van der Waals surface area contributed by atoms with E-state index in [2.05, 4.69) is 26.6 Å². The Bertz CT molecular complexity index is 477. The molecule has 0 radical (unpaired) electrons. The van der Waals surface area contributed by atoms with E-state index in [0.717, 1.165) is 12.8 Å². The summed E-state index contributed by atoms with van der Waals surface area (Å²) in [6, 6.07) is 4.20. The van der Waals surface area contributed by atoms with Gasteiger partial charge in [0.1, 0.15) is 0 Å². The first-order valence-corrected chi connectivity index (χ1v) is 6.83. The predicted molar refractivity (Wildman–Crippen MR) is 77.6 cm³/mol. The van der Waals surface area contributed by atoms with Gasteiger partial charge in [-0.25, -0.2) is 9.59 Å². The topological polar surface area (TPSA) is 78.4 Å². The molecule has 2 amide bonds. The first kappa shape index (κ1) is 15.5. The molecule has 1 rings (SSSR count). The van der Waals surface area contributed by atoms with E-state index in [1.807, 2.05) is 13.8 Å². The van der Waals surface area contributed by atoms with Crippen LogP contribution < -0.4 is 10.6 Å². The first-order valence-electron chi connectivity index (χ1n) is 6.04. The fourth-order valence-corrected chi connectivity index (χ4v) is 1.99. The summed E-state index contributed by atoms with van der Waals surface area (Å²) in [5.41, 5.74) is 0.557. The largest absolute Gasteiger partial charge is 0.478 e. The lowest BCUT2D eigenvalue weighted by Crippen LogP contribution is -2.36. The highest BCUT2D eigenvalue weighted by atomic mass is 79.9. The second-order valence-corrected chi connectivity index (χ2v) is 5.14. The molecule has 0 saturated heterocycles. The second kappa shape index (κ2) is 7.13. The van der Waals surface area contributed by atoms with Crippen molar-refractivity contribution in [2.75, 3.05) is 5.32 Å². The standard InChI is InChI=1S/C13H17BrN2O3/c1-3-4-8(2)15-13(19)16-11-7-9(12(17)18)5-6-10(11)14/h5-8H,3-4H2,1-2H3,(H,17,18)(H2,15,16,19). The zero-order valence-electron chi connectivity index (χ0n) is 10.9. The molecular formula is C13H17BrN2O3. The molecule has 3 N–H and O–H groups in total. The molecule has 0 heterocycles. The van der Waals surface area contributed by atoms with Gasteiger partial charge in [-0.2, -0.15) is 0 Å². The van der Waals surface area contributed by atoms with Crippen LogP contribution in [0.4, 0.5) is 10.5 Å². The van der Waals surface area contributed by atoms with Crippen molar-refractivity contribution in [3.05, 3.63) is 28.2 Å². The number of hydrogen-bond acceptors (Lipinski definition) is 2. The van der Waals surface area contributed by atoms with Gasteiger partial charge < -0.3 is 15.7 Å². The minimum Gasteiger partial charge on any atom is -0.478 e. The van der Waals surface area contributed by atoms with Crippen molar-refractivity contribution in [3.63, 3.8) is 0 Å². The van der Waals surface area contributed by atoms with Gasteiger partial charge in [0.05, 0.1) is 11.3 Å². The molecule has 0 aromatic heterocycles. The lowest BCUT2D eigenvalue weighted by Gasteiger charge is -2.14. The highest BCUT2D eigenvalue weighted by Crippen LogP contribution is 2.23. The molecular weight excluding hydrogens is 312 g/mol. The Morgan fingerprint density at radius 2 is 2.11 bits per heavy atom. The molecule has 0 aliphatic heterocycles. The maximum absolute atomic E-state index is 11.7. The third kappa shape index (κ3) is 4.90. The Kier molecular flexibility index (Phi) is 5.82. The monoisotopic (exact) mass is 328 g/mol. The fraction of sp³-hybridized carbons (Fsp3) is 0.385. The van der Waals surface area contributed by atoms with Crippen LogP contribution in [0.3, 0.4) is 0 Å². The summed E-state index contributed by atoms with van der Waals surface area (Å²) in [4.78, 5) is 22.6. The minimum atomic E-state index is -1.03. The van der Waals surface area contributed by atoms with Crippen LogP contribution in [0.2, 0.25) is 0 Å². The van der Waals surface area contributed by atoms with Crippen molar-refractivity contribution < 1.29 is 14.7 Å². The van der Waals surface area contributed by atoms with Gasteiger partial charge >= 0.3 is 12.0 Å². The molecule has 104 valence electrons. The summed E-state index contributed by atoms with van der Waals surface area (Å²) < 4.78 is 0.635. The molecule has 0 fully saturated rings. The number of halogens is 1. The van der Waals surface area contributed by atoms with Crippen molar-refractivity contribution in [2.24, 2.45) is 0 Å². The van der Waals surface area contributed by atoms with Gasteiger partial charge in [0.25, 0.3) is 0 Å². The third-order valence-electron chi connectivity index (χ3n) is 2.56. The molecule has 0 saturated carbocycles. The van der Waals surface area contributed by atoms with Gasteiger partial charge in [0, 0.05) is 10.5 Å². The van der Waals surface area contributed by atoms with E-state index in [1.165, 1.54) is 12.1 Å². The maximum Gasteiger partial charge on any atom is 0.335 e. The lowest BCUT2D eigenvalue weighted by atomic mass is 10.2. The van der Waals surface area contributed by atoms with Crippen LogP contribution in [0.25, 0.3) is 0 Å². The predicted octanol–water partition coefficient (Wildman–Crippen LogP) is 3.46. The van der Waals surface area contributed by atoms with Crippen LogP contribution in [0.5, 0.6) is 0 Å². The SMILES string of the molecule is CCCC(C)NC(=O)Nc1cc(C(=O)O)ccc1Br. The summed E-state index contributed by atoms with van der Waals surface area (Å²) >= 11 is 3.27. The molecule has 1 unspecified atom stereocenters. The van der Waals surface area contributed by atoms with Crippen LogP contribution in [0.1, 0.15) is 37.0 Å². The zero-order valence-corrected chi connectivity index (χ0v) is 12.5. The normalized spacial score (nSPS) is 11.7. The summed E-state index contributed by atoms with van der Waals surface area (Å²) in [7, 11) is 0. The molecule has 6 heteroatoms. The Balaban J connectivity index is 2.73. The summed E-state index contributed by atoms with van der Waals surface area (Å²) in [6.07, 6.45) is 1.88. The molecule has 0 aliphatic rings. The first-order chi connectivity index (χ1) is 8.93. The fourth-order valence-electron chi connectivity index (χ4n) is 1.64. The molecule has 5 nitrogen and oxygen atoms in total. The quantitative estimate of drug-likeness (QED) is 0.774. The molecule has 19 heavy (non-hydrogen) atoms. The van der Waals surface area contributed by atoms with E-state index in [1.54, 1.807) is 6.07 Å². The number of nitrogens with one attached hydrogen (secondary N) is 2. The van der Waals surface area contributed by atoms with Crippen molar-refractivity contribution >= 4 is 33.6 Å². The smallest absolute Gasteiger partial charge is 0.335 e. The Morgan fingerprint density at radius 3 is 2.68 bits per heavy atom. The van der Waals surface area contributed by atoms with Gasteiger partial charge in [-0.3, -0.25) is 0 Å². The van der Waals surface area contributed by atoms with Crippen molar-refractivity contribution in [1.82, 2.24) is 5.32 Å². The second-order valence-electron chi connectivity index (χ2n) is 4.29. The number of carboxylic acids is 1. The number of benzene rings is 1. The van der Waals surface area contributed by atoms with E-state index >= 15 is 0 Å². The molecule has 1 aromatic rings. The van der Waals surface area contributed by atoms with E-state index < -0.39 is 5.97 Å². The highest BCUT2D eigenvalue weighted by Gasteiger charge is 2.11. The van der Waals surface area contributed by atoms with Gasteiger partial charge in [-0.05, 0) is 47.5 Å². The van der Waals surface area contributed by atoms with Gasteiger partial charge in [0.2, 0.25) is 0 Å². The highest BCUT2D eigenvalue weighted by molar-refractivity contribution is 9.10. The molecule has 0 spiro atoms. The summed E-state index contributed by atoms with van der Waals surface area (Å²) in [6.45, 7) is 3.97. The number of rotatable bonds is 5. The van der Waals surface area contributed by atoms with Crippen LogP contribution in [0.15, 0.2) is 22.7 Å². The number of aromatic carboxylic acids is 1. The van der Waals surface area contributed by atoms with Gasteiger partial charge in [0.15, 0.2) is 0 Å². The Hall–Kier alpha value is -1.56. The van der Waals surface area contributed by atoms with Crippen molar-refractivity contribution in [3.8, 4) is 0 Å². The van der Waals surface area contributed by atoms with Gasteiger partial charge in [-0.15, -0.1) is 0 Å². The van der Waals surface area contributed by atoms with Crippen LogP contribution in [-0.4, -0.2) is 23.1 Å². The molecule has 1 aromatic carbocycles. The van der Waals surface area contributed by atoms with Gasteiger partial charge in [-0.1, -0.05) is 13.3 Å². The van der Waals surface area contributed by atoms with Crippen LogP contribution in [0, 0.1) is 0 Å². The number of carboxylic acid groups (broad SMARTS) is 1. The third-order valence-corrected chi connectivity index (χ3v) is 3.25. The molecule has 0 bridgehead atoms. The van der Waals surface area contributed by atoms with Crippen LogP contribution in [-0.2, 0) is 0 Å². The average Bonchev–Trinajstić information content (AvgIpc) is 2.31. The number of carbonyl (C=O) groups is 2. The van der Waals surface area contributed by atoms with E-state index in [0.29, 0.717) is 10.2 Å². The number of hydrogen-bond donors (Lipinski definition) is 3. The van der Waals surface area contributed by atoms with Crippen LogP contribution >= 0.6 is 15.9 Å². The van der Waals surface area contributed by atoms with E-state index in [-0.39, 0.29) is 17.6 Å². The maximum atomic E-state index is 11.7. The molecule has 0 aliphatic carbocycles. The lowest BCUT2D eigenvalue weighted by molar-refractivity contribution is 0.0697. The van der Waals surface area contributed by atoms with Crippen molar-refractivity contribution in [2.45, 2.75) is 32.7 Å². The van der Waals surface area contributed by atoms with E-state index in [4.69, 9.17) is 5.11 Å². The summed E-state index contributed by atoms with van der Waals surface area (Å²) in [5.74, 6) is -1.03. The minimum absolute atomic E-state index is 0.0754. The number of urea groups is 1. The molecule has 1 atom stereocenters.